The first kappa shape index (κ1) is 17.7. The van der Waals surface area contributed by atoms with Crippen LogP contribution in [0.25, 0.3) is 0 Å². The van der Waals surface area contributed by atoms with Crippen LogP contribution in [0.1, 0.15) is 0 Å². The van der Waals surface area contributed by atoms with E-state index >= 15 is 0 Å². The average molecular weight is 385 g/mol. The number of nitrogens with one attached hydrogen (secondary N) is 1. The molecule has 1 fully saturated rings. The van der Waals surface area contributed by atoms with Gasteiger partial charge in [0.2, 0.25) is 5.91 Å². The number of anilines is 2. The van der Waals surface area contributed by atoms with Crippen LogP contribution >= 0.6 is 0 Å². The van der Waals surface area contributed by atoms with Gasteiger partial charge < -0.3 is 5.32 Å². The summed E-state index contributed by atoms with van der Waals surface area (Å²) in [5, 5.41) is 11.2. The number of imide groups is 1. The van der Waals surface area contributed by atoms with Crippen molar-refractivity contribution in [2.75, 3.05) is 16.8 Å². The van der Waals surface area contributed by atoms with Gasteiger partial charge in [-0.25, -0.2) is 13.7 Å². The summed E-state index contributed by atoms with van der Waals surface area (Å²) in [4.78, 5) is 38.4. The summed E-state index contributed by atoms with van der Waals surface area (Å²) in [5.74, 6) is -2.77. The summed E-state index contributed by atoms with van der Waals surface area (Å²) in [6, 6.07) is 8.09. The Bertz CT molecular complexity index is 995. The minimum atomic E-state index is -1.07. The lowest BCUT2D eigenvalue weighted by Gasteiger charge is -2.20. The summed E-state index contributed by atoms with van der Waals surface area (Å²) in [6.07, 6.45) is 0. The van der Waals surface area contributed by atoms with Gasteiger partial charge >= 0.3 is 0 Å². The molecule has 0 saturated carbocycles. The molecule has 4 rings (SSSR count). The zero-order valence-electron chi connectivity index (χ0n) is 14.3. The molecular weight excluding hydrogens is 372 g/mol. The molecule has 0 radical (unpaired) electrons. The van der Waals surface area contributed by atoms with Crippen LogP contribution in [0.4, 0.5) is 20.2 Å². The van der Waals surface area contributed by atoms with Gasteiger partial charge in [0.15, 0.2) is 12.1 Å². The molecule has 10 heteroatoms. The van der Waals surface area contributed by atoms with Crippen LogP contribution in [0, 0.1) is 11.6 Å². The molecule has 8 nitrogen and oxygen atoms in total. The normalized spacial score (nSPS) is 20.6. The third-order valence-electron chi connectivity index (χ3n) is 4.36. The van der Waals surface area contributed by atoms with Crippen LogP contribution in [-0.4, -0.2) is 41.4 Å². The number of carbonyl (C=O) groups excluding carboxylic acids is 3. The summed E-state index contributed by atoms with van der Waals surface area (Å²) in [7, 11) is 0. The van der Waals surface area contributed by atoms with Crippen molar-refractivity contribution in [2.24, 2.45) is 10.3 Å². The lowest BCUT2D eigenvalue weighted by atomic mass is 10.1. The van der Waals surface area contributed by atoms with E-state index < -0.39 is 41.4 Å². The van der Waals surface area contributed by atoms with Crippen LogP contribution in [-0.2, 0) is 14.4 Å². The highest BCUT2D eigenvalue weighted by molar-refractivity contribution is 6.25. The number of fused-ring (bicyclic) bond motifs is 1. The van der Waals surface area contributed by atoms with E-state index in [1.807, 2.05) is 0 Å². The Kier molecular flexibility index (Phi) is 4.30. The van der Waals surface area contributed by atoms with Gasteiger partial charge in [-0.05, 0) is 42.5 Å². The van der Waals surface area contributed by atoms with Crippen LogP contribution in [0.2, 0.25) is 0 Å². The highest BCUT2D eigenvalue weighted by Gasteiger charge is 2.55. The zero-order chi connectivity index (χ0) is 19.8. The molecule has 0 unspecified atom stereocenters. The van der Waals surface area contributed by atoms with Crippen LogP contribution in [0.5, 0.6) is 0 Å². The third kappa shape index (κ3) is 3.08. The van der Waals surface area contributed by atoms with Crippen molar-refractivity contribution in [3.63, 3.8) is 0 Å². The fourth-order valence-corrected chi connectivity index (χ4v) is 3.11. The molecular formula is C18H13F2N5O3. The van der Waals surface area contributed by atoms with Gasteiger partial charge in [-0.15, -0.1) is 0 Å². The number of carbonyl (C=O) groups is 3. The Hall–Kier alpha value is -3.69. The maximum atomic E-state index is 13.2. The summed E-state index contributed by atoms with van der Waals surface area (Å²) < 4.78 is 26.3. The first-order valence-corrected chi connectivity index (χ1v) is 8.30. The van der Waals surface area contributed by atoms with Crippen molar-refractivity contribution in [1.82, 2.24) is 5.01 Å². The Morgan fingerprint density at radius 2 is 1.79 bits per heavy atom. The molecule has 0 bridgehead atoms. The molecule has 2 aliphatic heterocycles. The predicted octanol–water partition coefficient (Wildman–Crippen LogP) is 1.90. The van der Waals surface area contributed by atoms with Crippen molar-refractivity contribution in [3.05, 3.63) is 60.2 Å². The van der Waals surface area contributed by atoms with Gasteiger partial charge in [-0.2, -0.15) is 5.11 Å². The van der Waals surface area contributed by atoms with Crippen molar-refractivity contribution >= 4 is 29.1 Å². The molecule has 1 N–H and O–H groups in total. The van der Waals surface area contributed by atoms with Crippen molar-refractivity contribution in [1.29, 1.82) is 0 Å². The molecule has 0 aliphatic carbocycles. The molecule has 2 aromatic carbocycles. The second-order valence-electron chi connectivity index (χ2n) is 6.24. The van der Waals surface area contributed by atoms with E-state index in [1.54, 1.807) is 0 Å². The highest BCUT2D eigenvalue weighted by atomic mass is 19.1. The maximum absolute atomic E-state index is 13.2. The van der Waals surface area contributed by atoms with E-state index in [0.717, 1.165) is 28.1 Å². The number of halogens is 2. The molecule has 2 aromatic rings. The minimum absolute atomic E-state index is 0.213. The summed E-state index contributed by atoms with van der Waals surface area (Å²) in [6.45, 7) is -0.350. The van der Waals surface area contributed by atoms with Gasteiger partial charge in [-0.1, -0.05) is 11.3 Å². The van der Waals surface area contributed by atoms with E-state index in [1.165, 1.54) is 30.3 Å². The molecule has 0 spiro atoms. The molecule has 0 aromatic heterocycles. The van der Waals surface area contributed by atoms with Gasteiger partial charge in [0, 0.05) is 5.69 Å². The van der Waals surface area contributed by atoms with E-state index in [4.69, 9.17) is 0 Å². The van der Waals surface area contributed by atoms with Crippen molar-refractivity contribution < 1.29 is 23.2 Å². The average Bonchev–Trinajstić information content (AvgIpc) is 3.16. The predicted molar refractivity (Wildman–Crippen MR) is 93.1 cm³/mol. The molecule has 3 amide bonds. The van der Waals surface area contributed by atoms with Crippen molar-refractivity contribution in [2.45, 2.75) is 12.1 Å². The van der Waals surface area contributed by atoms with E-state index in [2.05, 4.69) is 15.7 Å². The summed E-state index contributed by atoms with van der Waals surface area (Å²) in [5.41, 5.74) is 0.463. The van der Waals surface area contributed by atoms with Crippen LogP contribution in [0.15, 0.2) is 58.9 Å². The zero-order valence-corrected chi connectivity index (χ0v) is 14.3. The van der Waals surface area contributed by atoms with E-state index in [0.29, 0.717) is 0 Å². The van der Waals surface area contributed by atoms with Crippen molar-refractivity contribution in [3.8, 4) is 0 Å². The SMILES string of the molecule is O=C(CN1N=N[C@H]2C(=O)N(c3ccc(F)cc3)C(=O)[C@H]21)Nc1cccc(F)c1. The summed E-state index contributed by atoms with van der Waals surface area (Å²) >= 11 is 0. The quantitative estimate of drug-likeness (QED) is 0.814. The second kappa shape index (κ2) is 6.80. The third-order valence-corrected chi connectivity index (χ3v) is 4.36. The molecule has 28 heavy (non-hydrogen) atoms. The largest absolute Gasteiger partial charge is 0.324 e. The van der Waals surface area contributed by atoms with Gasteiger partial charge in [-0.3, -0.25) is 19.4 Å². The maximum Gasteiger partial charge on any atom is 0.263 e. The minimum Gasteiger partial charge on any atom is -0.324 e. The van der Waals surface area contributed by atoms with E-state index in [-0.39, 0.29) is 17.9 Å². The standard InChI is InChI=1S/C18H13F2N5O3/c19-10-4-6-13(7-5-10)25-17(27)15-16(18(25)28)24(23-22-15)9-14(26)21-12-3-1-2-11(20)8-12/h1-8,15-16H,9H2,(H,21,26)/t15-,16+/m1/s1. The number of hydrogen-bond acceptors (Lipinski definition) is 6. The monoisotopic (exact) mass is 385 g/mol. The fraction of sp³-hybridized carbons (Fsp3) is 0.167. The molecule has 142 valence electrons. The number of amides is 3. The van der Waals surface area contributed by atoms with Gasteiger partial charge in [0.1, 0.15) is 18.2 Å². The van der Waals surface area contributed by atoms with Gasteiger partial charge in [0.25, 0.3) is 11.8 Å². The topological polar surface area (TPSA) is 94.4 Å². The van der Waals surface area contributed by atoms with Gasteiger partial charge in [0.05, 0.1) is 5.69 Å². The number of rotatable bonds is 4. The Labute approximate surface area is 157 Å². The first-order chi connectivity index (χ1) is 13.4. The number of nitrogens with zero attached hydrogens (tertiary/aromatic N) is 4. The Balaban J connectivity index is 1.48. The van der Waals surface area contributed by atoms with Crippen LogP contribution < -0.4 is 10.2 Å². The highest BCUT2D eigenvalue weighted by Crippen LogP contribution is 2.31. The lowest BCUT2D eigenvalue weighted by molar-refractivity contribution is -0.123. The fourth-order valence-electron chi connectivity index (χ4n) is 3.11. The Morgan fingerprint density at radius 1 is 1.04 bits per heavy atom. The lowest BCUT2D eigenvalue weighted by Crippen LogP contribution is -2.43. The molecule has 2 aliphatic rings. The molecule has 2 heterocycles. The van der Waals surface area contributed by atoms with E-state index in [9.17, 15) is 23.2 Å². The smallest absolute Gasteiger partial charge is 0.263 e. The number of benzene rings is 2. The molecule has 1 saturated heterocycles. The first-order valence-electron chi connectivity index (χ1n) is 8.30. The number of hydrogen-bond donors (Lipinski definition) is 1. The Morgan fingerprint density at radius 3 is 2.50 bits per heavy atom. The second-order valence-corrected chi connectivity index (χ2v) is 6.24. The molecule has 2 atom stereocenters. The van der Waals surface area contributed by atoms with Crippen LogP contribution in [0.3, 0.4) is 0 Å².